The monoisotopic (exact) mass is 214 g/mol. The van der Waals surface area contributed by atoms with Gasteiger partial charge in [0.15, 0.2) is 0 Å². The summed E-state index contributed by atoms with van der Waals surface area (Å²) in [5.74, 6) is 0. The first-order valence-electron chi connectivity index (χ1n) is 3.67. The van der Waals surface area contributed by atoms with E-state index in [0.717, 1.165) is 13.0 Å². The molecule has 0 aromatic heterocycles. The summed E-state index contributed by atoms with van der Waals surface area (Å²) >= 11 is 4.24. The molecule has 0 aliphatic carbocycles. The molecule has 0 aliphatic heterocycles. The van der Waals surface area contributed by atoms with Crippen molar-refractivity contribution in [3.8, 4) is 0 Å². The van der Waals surface area contributed by atoms with Crippen molar-refractivity contribution in [3.05, 3.63) is 0 Å². The zero-order valence-electron chi connectivity index (χ0n) is 6.77. The number of nitrogens with one attached hydrogen (secondary N) is 1. The molecule has 0 radical (unpaired) electrons. The van der Waals surface area contributed by atoms with E-state index in [1.54, 1.807) is 0 Å². The van der Waals surface area contributed by atoms with Crippen LogP contribution in [0, 0.1) is 0 Å². The van der Waals surface area contributed by atoms with Crippen LogP contribution in [0.4, 0.5) is 0 Å². The zero-order chi connectivity index (χ0) is 9.45. The van der Waals surface area contributed by atoms with Gasteiger partial charge in [0.1, 0.15) is 0 Å². The molecule has 5 nitrogen and oxygen atoms in total. The Hall–Kier alpha value is 0.450. The molecule has 7 heteroatoms. The number of hydrogen-bond acceptors (Lipinski definition) is 4. The van der Waals surface area contributed by atoms with E-state index >= 15 is 0 Å². The SMILES string of the molecule is NCCCNCCOP(O)(O)=S. The molecule has 0 amide bonds. The lowest BCUT2D eigenvalue weighted by molar-refractivity contribution is 0.251. The molecular weight excluding hydrogens is 199 g/mol. The summed E-state index contributed by atoms with van der Waals surface area (Å²) in [6, 6.07) is 0. The molecule has 5 N–H and O–H groups in total. The average molecular weight is 214 g/mol. The van der Waals surface area contributed by atoms with Gasteiger partial charge in [0.05, 0.1) is 6.61 Å². The molecule has 0 aromatic carbocycles. The van der Waals surface area contributed by atoms with Gasteiger partial charge < -0.3 is 25.4 Å². The summed E-state index contributed by atoms with van der Waals surface area (Å²) < 4.78 is 4.55. The normalized spacial score (nSPS) is 11.9. The van der Waals surface area contributed by atoms with Crippen LogP contribution in [0.15, 0.2) is 0 Å². The topological polar surface area (TPSA) is 87.7 Å². The minimum Gasteiger partial charge on any atom is -0.330 e. The van der Waals surface area contributed by atoms with Crippen molar-refractivity contribution in [2.75, 3.05) is 26.2 Å². The number of nitrogens with two attached hydrogens (primary N) is 1. The maximum Gasteiger partial charge on any atom is 0.321 e. The first-order valence-corrected chi connectivity index (χ1v) is 6.29. The molecule has 0 bridgehead atoms. The summed E-state index contributed by atoms with van der Waals surface area (Å²) in [4.78, 5) is 17.3. The van der Waals surface area contributed by atoms with E-state index in [1.807, 2.05) is 0 Å². The Morgan fingerprint density at radius 1 is 1.42 bits per heavy atom. The summed E-state index contributed by atoms with van der Waals surface area (Å²) in [7, 11) is 0. The Bertz CT molecular complexity index is 152. The number of rotatable bonds is 7. The predicted molar refractivity (Wildman–Crippen MR) is 51.2 cm³/mol. The molecule has 0 fully saturated rings. The van der Waals surface area contributed by atoms with E-state index in [2.05, 4.69) is 21.6 Å². The van der Waals surface area contributed by atoms with Crippen LogP contribution in [0.1, 0.15) is 6.42 Å². The third kappa shape index (κ3) is 10.4. The second-order valence-corrected chi connectivity index (χ2v) is 4.88. The van der Waals surface area contributed by atoms with Crippen molar-refractivity contribution in [1.29, 1.82) is 0 Å². The van der Waals surface area contributed by atoms with Gasteiger partial charge in [0.25, 0.3) is 0 Å². The van der Waals surface area contributed by atoms with Crippen molar-refractivity contribution in [2.45, 2.75) is 6.42 Å². The first kappa shape index (κ1) is 12.4. The molecule has 0 aromatic rings. The minimum atomic E-state index is -3.45. The van der Waals surface area contributed by atoms with Crippen molar-refractivity contribution in [3.63, 3.8) is 0 Å². The summed E-state index contributed by atoms with van der Waals surface area (Å²) in [5, 5.41) is 3.00. The van der Waals surface area contributed by atoms with Gasteiger partial charge in [-0.1, -0.05) is 0 Å². The van der Waals surface area contributed by atoms with Crippen molar-refractivity contribution < 1.29 is 14.3 Å². The van der Waals surface area contributed by atoms with Crippen LogP contribution in [0.2, 0.25) is 0 Å². The van der Waals surface area contributed by atoms with Crippen LogP contribution in [-0.2, 0) is 16.3 Å². The van der Waals surface area contributed by atoms with Gasteiger partial charge in [0.2, 0.25) is 0 Å². The molecule has 0 spiro atoms. The molecule has 0 rings (SSSR count). The lowest BCUT2D eigenvalue weighted by Gasteiger charge is -2.08. The molecule has 0 atom stereocenters. The van der Waals surface area contributed by atoms with Crippen LogP contribution in [0.5, 0.6) is 0 Å². The fourth-order valence-electron chi connectivity index (χ4n) is 0.589. The first-order chi connectivity index (χ1) is 5.56. The quantitative estimate of drug-likeness (QED) is 0.326. The Balaban J connectivity index is 3.06. The Morgan fingerprint density at radius 3 is 2.58 bits per heavy atom. The van der Waals surface area contributed by atoms with Gasteiger partial charge in [-0.05, 0) is 31.3 Å². The lowest BCUT2D eigenvalue weighted by atomic mass is 10.4. The van der Waals surface area contributed by atoms with Gasteiger partial charge in [-0.2, -0.15) is 0 Å². The van der Waals surface area contributed by atoms with Crippen molar-refractivity contribution in [1.82, 2.24) is 5.32 Å². The minimum absolute atomic E-state index is 0.217. The lowest BCUT2D eigenvalue weighted by Crippen LogP contribution is -2.22. The van der Waals surface area contributed by atoms with E-state index in [0.29, 0.717) is 13.1 Å². The molecule has 0 saturated heterocycles. The zero-order valence-corrected chi connectivity index (χ0v) is 8.48. The van der Waals surface area contributed by atoms with Gasteiger partial charge in [-0.3, -0.25) is 0 Å². The van der Waals surface area contributed by atoms with Crippen molar-refractivity contribution >= 4 is 18.5 Å². The van der Waals surface area contributed by atoms with Crippen LogP contribution < -0.4 is 11.1 Å². The third-order valence-corrected chi connectivity index (χ3v) is 1.93. The molecular formula is C5H15N2O3PS. The fourth-order valence-corrected chi connectivity index (χ4v) is 1.14. The third-order valence-electron chi connectivity index (χ3n) is 1.10. The van der Waals surface area contributed by atoms with E-state index in [1.165, 1.54) is 0 Å². The standard InChI is InChI=1S/C5H15N2O3PS/c6-2-1-3-7-4-5-10-11(8,9)12/h7H,1-6H2,(H2,8,9,12). The van der Waals surface area contributed by atoms with Gasteiger partial charge in [0, 0.05) is 6.54 Å². The Labute approximate surface area is 77.2 Å². The molecule has 12 heavy (non-hydrogen) atoms. The van der Waals surface area contributed by atoms with Gasteiger partial charge in [-0.15, -0.1) is 0 Å². The number of hydrogen-bond donors (Lipinski definition) is 4. The molecule has 0 aliphatic rings. The maximum atomic E-state index is 8.63. The van der Waals surface area contributed by atoms with E-state index in [9.17, 15) is 0 Å². The average Bonchev–Trinajstić information content (AvgIpc) is 1.94. The smallest absolute Gasteiger partial charge is 0.321 e. The van der Waals surface area contributed by atoms with Crippen LogP contribution in [0.25, 0.3) is 0 Å². The second kappa shape index (κ2) is 6.91. The summed E-state index contributed by atoms with van der Waals surface area (Å²) in [6.07, 6.45) is 0.895. The van der Waals surface area contributed by atoms with Crippen LogP contribution >= 0.6 is 6.72 Å². The largest absolute Gasteiger partial charge is 0.330 e. The Kier molecular flexibility index (Phi) is 7.17. The highest BCUT2D eigenvalue weighted by Gasteiger charge is 2.05. The van der Waals surface area contributed by atoms with Gasteiger partial charge >= 0.3 is 6.72 Å². The molecule has 0 heterocycles. The second-order valence-electron chi connectivity index (χ2n) is 2.22. The predicted octanol–water partition coefficient (Wildman–Crippen LogP) is -0.850. The summed E-state index contributed by atoms with van der Waals surface area (Å²) in [5.41, 5.74) is 5.25. The molecule has 0 saturated carbocycles. The molecule has 74 valence electrons. The van der Waals surface area contributed by atoms with Gasteiger partial charge in [-0.25, -0.2) is 0 Å². The summed E-state index contributed by atoms with van der Waals surface area (Å²) in [6.45, 7) is -1.23. The van der Waals surface area contributed by atoms with E-state index in [-0.39, 0.29) is 6.61 Å². The Morgan fingerprint density at radius 2 is 2.08 bits per heavy atom. The highest BCUT2D eigenvalue weighted by atomic mass is 32.5. The molecule has 0 unspecified atom stereocenters. The highest BCUT2D eigenvalue weighted by Crippen LogP contribution is 2.35. The van der Waals surface area contributed by atoms with E-state index < -0.39 is 6.72 Å². The highest BCUT2D eigenvalue weighted by molar-refractivity contribution is 8.06. The maximum absolute atomic E-state index is 8.63. The fraction of sp³-hybridized carbons (Fsp3) is 1.00. The van der Waals surface area contributed by atoms with Crippen LogP contribution in [-0.4, -0.2) is 36.0 Å². The van der Waals surface area contributed by atoms with Crippen LogP contribution in [0.3, 0.4) is 0 Å². The van der Waals surface area contributed by atoms with Crippen molar-refractivity contribution in [2.24, 2.45) is 5.73 Å². The van der Waals surface area contributed by atoms with E-state index in [4.69, 9.17) is 15.5 Å².